The van der Waals surface area contributed by atoms with Crippen molar-refractivity contribution in [1.82, 2.24) is 35.2 Å². The summed E-state index contributed by atoms with van der Waals surface area (Å²) in [7, 11) is 5.19. The van der Waals surface area contributed by atoms with Gasteiger partial charge in [0.15, 0.2) is 0 Å². The molecule has 0 saturated carbocycles. The first-order valence-electron chi connectivity index (χ1n) is 37.5. The van der Waals surface area contributed by atoms with E-state index in [1.165, 1.54) is 96.0 Å². The van der Waals surface area contributed by atoms with Crippen molar-refractivity contribution in [3.63, 3.8) is 0 Å². The highest BCUT2D eigenvalue weighted by atomic mass is 32.1. The SMILES string of the molecule is C.C.COCCCCCC(=O)Cc1sc2c(c1-c1nc3cc(-c4ccncc4)ccc3s1)CC(C)CC2.COCCCCCC(=O)Cc1sc2c(c1-c1nc3cc(-c4ccncc4)ccc3s1)CC(C)NC2.COCCCCCC(=O)Cc1sc2c(c1-c1nc3cc(-c4ccncc4)ccc3s1)CCCC2C. The van der Waals surface area contributed by atoms with E-state index in [1.807, 2.05) is 96.3 Å². The van der Waals surface area contributed by atoms with Crippen LogP contribution in [0.4, 0.5) is 0 Å². The molecule has 3 atom stereocenters. The van der Waals surface area contributed by atoms with Gasteiger partial charge in [0.25, 0.3) is 0 Å². The molecule has 0 spiro atoms. The van der Waals surface area contributed by atoms with Crippen LogP contribution in [0.15, 0.2) is 128 Å². The number of aromatic nitrogens is 6. The Kier molecular flexibility index (Phi) is 29.7. The third-order valence-corrected chi connectivity index (χ3v) is 27.5. The van der Waals surface area contributed by atoms with Crippen molar-refractivity contribution in [3.05, 3.63) is 174 Å². The van der Waals surface area contributed by atoms with Crippen LogP contribution in [0.25, 0.3) is 95.7 Å². The van der Waals surface area contributed by atoms with Crippen molar-refractivity contribution in [2.24, 2.45) is 5.92 Å². The van der Waals surface area contributed by atoms with Crippen molar-refractivity contribution >= 4 is 116 Å². The van der Waals surface area contributed by atoms with Crippen LogP contribution in [0.1, 0.15) is 184 Å². The number of ketones is 3. The Bertz CT molecular complexity index is 4700. The maximum Gasteiger partial charge on any atom is 0.138 e. The van der Waals surface area contributed by atoms with Gasteiger partial charge in [-0.05, 0) is 225 Å². The lowest BCUT2D eigenvalue weighted by Gasteiger charge is -2.20. The summed E-state index contributed by atoms with van der Waals surface area (Å²) in [5, 5.41) is 6.77. The number of fused-ring (bicyclic) bond motifs is 6. The topological polar surface area (TPSA) is 168 Å². The van der Waals surface area contributed by atoms with E-state index in [1.54, 1.807) is 66.7 Å². The number of thiophene rings is 3. The lowest BCUT2D eigenvalue weighted by molar-refractivity contribution is -0.119. The molecule has 2 aliphatic carbocycles. The summed E-state index contributed by atoms with van der Waals surface area (Å²) in [6, 6.07) is 32.1. The van der Waals surface area contributed by atoms with Crippen LogP contribution in [-0.4, -0.2) is 94.4 Å². The first kappa shape index (κ1) is 80.7. The van der Waals surface area contributed by atoms with Gasteiger partial charge in [0.1, 0.15) is 32.4 Å². The number of nitrogens with zero attached hydrogens (tertiary/aromatic N) is 6. The fourth-order valence-corrected chi connectivity index (χ4v) is 22.2. The second-order valence-corrected chi connectivity index (χ2v) is 35.0. The van der Waals surface area contributed by atoms with Gasteiger partial charge >= 0.3 is 0 Å². The van der Waals surface area contributed by atoms with E-state index in [0.717, 1.165) is 175 Å². The number of methoxy groups -OCH3 is 3. The molecular formula is C88H103N7O6S6. The molecule has 3 aliphatic rings. The van der Waals surface area contributed by atoms with E-state index in [4.69, 9.17) is 29.2 Å². The zero-order valence-corrected chi connectivity index (χ0v) is 66.2. The van der Waals surface area contributed by atoms with E-state index in [2.05, 4.69) is 95.6 Å². The molecule has 12 aromatic rings. The average Bonchev–Trinajstić information content (AvgIpc) is 1.63. The standard InChI is InChI=1S/2C29H32N2O2S2.C28H31N3O2S2.2CH4/c1-19-7-6-9-23-27(26(34-28(19)23)18-22(32)8-4-3-5-16-33-2)29-31-24-17-21(10-11-25(24)35-29)20-12-14-30-15-13-20;1-19-7-9-25-23(16-19)28(27(34-25)18-22(32)6-4-3-5-15-33-2)29-31-24-17-21(8-10-26(24)35-29)20-11-13-30-14-12-20;1-18-14-22-26(17-30-18)34-25(16-21(32)6-4-3-5-13-33-2)27(22)28-31-23-15-20(7-8-24(23)35-28)19-9-11-29-12-10-19;;/h10-15,17,19H,3-9,16,18H2,1-2H3;8,10-14,17,19H,3-7,9,15-16,18H2,1-2H3;7-12,15,18,30H,3-6,13-14,16-17H2,1-2H3;2*1H4. The Hall–Kier alpha value is -7.27. The molecule has 15 rings (SSSR count). The fraction of sp³-hybridized carbons (Fsp3) is 0.420. The highest BCUT2D eigenvalue weighted by Gasteiger charge is 2.32. The Morgan fingerprint density at radius 3 is 1.24 bits per heavy atom. The van der Waals surface area contributed by atoms with E-state index in [-0.39, 0.29) is 14.9 Å². The van der Waals surface area contributed by atoms with Crippen molar-refractivity contribution in [2.45, 2.75) is 195 Å². The molecular weight excluding hydrogens is 1440 g/mol. The maximum absolute atomic E-state index is 13.0. The summed E-state index contributed by atoms with van der Waals surface area (Å²) < 4.78 is 18.9. The van der Waals surface area contributed by atoms with Crippen molar-refractivity contribution in [1.29, 1.82) is 0 Å². The lowest BCUT2D eigenvalue weighted by atomic mass is 9.87. The van der Waals surface area contributed by atoms with Crippen LogP contribution in [0.2, 0.25) is 0 Å². The number of rotatable bonds is 30. The monoisotopic (exact) mass is 1550 g/mol. The quantitative estimate of drug-likeness (QED) is 0.0423. The first-order chi connectivity index (χ1) is 51.4. The van der Waals surface area contributed by atoms with Gasteiger partial charge in [-0.1, -0.05) is 66.2 Å². The molecule has 0 fully saturated rings. The van der Waals surface area contributed by atoms with Gasteiger partial charge in [0.2, 0.25) is 0 Å². The third-order valence-electron chi connectivity index (χ3n) is 20.3. The Morgan fingerprint density at radius 2 is 0.822 bits per heavy atom. The van der Waals surface area contributed by atoms with Gasteiger partial charge in [-0.2, -0.15) is 0 Å². The van der Waals surface area contributed by atoms with Crippen LogP contribution in [0.5, 0.6) is 0 Å². The number of nitrogens with one attached hydrogen (secondary N) is 1. The zero-order chi connectivity index (χ0) is 72.6. The zero-order valence-electron chi connectivity index (χ0n) is 61.3. The number of benzene rings is 3. The molecule has 13 nitrogen and oxygen atoms in total. The molecule has 3 unspecified atom stereocenters. The van der Waals surface area contributed by atoms with Gasteiger partial charge in [-0.15, -0.1) is 68.0 Å². The molecule has 19 heteroatoms. The number of carbonyl (C=O) groups is 3. The van der Waals surface area contributed by atoms with Crippen molar-refractivity contribution in [2.75, 3.05) is 41.2 Å². The summed E-state index contributed by atoms with van der Waals surface area (Å²) in [6.07, 6.45) is 31.4. The Morgan fingerprint density at radius 1 is 0.430 bits per heavy atom. The minimum Gasteiger partial charge on any atom is -0.385 e. The summed E-state index contributed by atoms with van der Waals surface area (Å²) in [5.74, 6) is 2.25. The number of thiazole rings is 3. The molecule has 0 bridgehead atoms. The number of hydrogen-bond acceptors (Lipinski definition) is 19. The summed E-state index contributed by atoms with van der Waals surface area (Å²) >= 11 is 10.8. The Balaban J connectivity index is 0.000000158. The summed E-state index contributed by atoms with van der Waals surface area (Å²) in [5.41, 5.74) is 18.0. The molecule has 0 saturated heterocycles. The summed E-state index contributed by atoms with van der Waals surface area (Å²) in [6.45, 7) is 10.1. The molecule has 107 heavy (non-hydrogen) atoms. The smallest absolute Gasteiger partial charge is 0.138 e. The van der Waals surface area contributed by atoms with Crippen molar-refractivity contribution in [3.8, 4) is 65.1 Å². The molecule has 562 valence electrons. The number of ether oxygens (including phenoxy) is 3. The van der Waals surface area contributed by atoms with Crippen LogP contribution in [0.3, 0.4) is 0 Å². The predicted octanol–water partition coefficient (Wildman–Crippen LogP) is 23.1. The van der Waals surface area contributed by atoms with Crippen LogP contribution in [-0.2, 0) is 80.1 Å². The second kappa shape index (κ2) is 39.4. The molecule has 9 aromatic heterocycles. The highest BCUT2D eigenvalue weighted by Crippen LogP contribution is 2.49. The predicted molar refractivity (Wildman–Crippen MR) is 452 cm³/mol. The van der Waals surface area contributed by atoms with E-state index < -0.39 is 0 Å². The normalized spacial score (nSPS) is 15.1. The minimum absolute atomic E-state index is 0. The molecule has 1 N–H and O–H groups in total. The highest BCUT2D eigenvalue weighted by molar-refractivity contribution is 7.23. The summed E-state index contributed by atoms with van der Waals surface area (Å²) in [4.78, 5) is 74.5. The Labute approximate surface area is 656 Å². The number of aryl methyl sites for hydroxylation is 1. The first-order valence-corrected chi connectivity index (χ1v) is 42.4. The number of hydrogen-bond donors (Lipinski definition) is 1. The van der Waals surface area contributed by atoms with Gasteiger partial charge < -0.3 is 19.5 Å². The number of unbranched alkanes of at least 4 members (excludes halogenated alkanes) is 6. The fourth-order valence-electron chi connectivity index (χ4n) is 14.7. The molecule has 1 aliphatic heterocycles. The van der Waals surface area contributed by atoms with Gasteiger partial charge in [-0.3, -0.25) is 29.3 Å². The number of Topliss-reactive ketones (excluding diaryl/α,β-unsaturated/α-hetero) is 3. The van der Waals surface area contributed by atoms with Crippen LogP contribution < -0.4 is 5.32 Å². The van der Waals surface area contributed by atoms with Gasteiger partial charge in [0.05, 0.1) is 30.6 Å². The second-order valence-electron chi connectivity index (χ2n) is 28.3. The van der Waals surface area contributed by atoms with E-state index >= 15 is 0 Å². The third kappa shape index (κ3) is 20.4. The van der Waals surface area contributed by atoms with Gasteiger partial charge in [-0.25, -0.2) is 15.0 Å². The maximum atomic E-state index is 13.0. The van der Waals surface area contributed by atoms with E-state index in [9.17, 15) is 14.4 Å². The van der Waals surface area contributed by atoms with Crippen molar-refractivity contribution < 1.29 is 28.6 Å². The largest absolute Gasteiger partial charge is 0.385 e. The van der Waals surface area contributed by atoms with Crippen LogP contribution in [0, 0.1) is 5.92 Å². The minimum atomic E-state index is 0. The lowest BCUT2D eigenvalue weighted by Crippen LogP contribution is -2.32. The molecule has 3 aromatic carbocycles. The van der Waals surface area contributed by atoms with Crippen LogP contribution >= 0.6 is 68.0 Å². The molecule has 10 heterocycles. The van der Waals surface area contributed by atoms with E-state index in [0.29, 0.717) is 73.8 Å². The van der Waals surface area contributed by atoms with Gasteiger partial charge in [0, 0.05) is 175 Å². The molecule has 0 amide bonds. The number of carbonyl (C=O) groups excluding carboxylic acids is 3. The number of pyridine rings is 3. The average molecular weight is 1550 g/mol. The molecule has 0 radical (unpaired) electrons.